The highest BCUT2D eigenvalue weighted by molar-refractivity contribution is 5.92. The summed E-state index contributed by atoms with van der Waals surface area (Å²) >= 11 is 0. The number of likely N-dealkylation sites (N-methyl/N-ethyl adjacent to an activating group) is 1. The predicted octanol–water partition coefficient (Wildman–Crippen LogP) is -0.961. The molecule has 2 rings (SSSR count). The lowest BCUT2D eigenvalue weighted by atomic mass is 10.2. The van der Waals surface area contributed by atoms with E-state index in [4.69, 9.17) is 0 Å². The molecule has 0 radical (unpaired) electrons. The Balaban J connectivity index is 1.90. The van der Waals surface area contributed by atoms with E-state index in [2.05, 4.69) is 5.32 Å². The van der Waals surface area contributed by atoms with Gasteiger partial charge >= 0.3 is 0 Å². The van der Waals surface area contributed by atoms with Crippen molar-refractivity contribution in [1.82, 2.24) is 15.1 Å². The molecule has 2 amide bonds. The molecular weight excluding hydrogens is 194 g/mol. The summed E-state index contributed by atoms with van der Waals surface area (Å²) in [4.78, 5) is 26.2. The summed E-state index contributed by atoms with van der Waals surface area (Å²) in [6, 6.07) is 0.380. The average Bonchev–Trinajstić information content (AvgIpc) is 2.67. The third kappa shape index (κ3) is 2.28. The van der Waals surface area contributed by atoms with Crippen molar-refractivity contribution >= 4 is 11.8 Å². The van der Waals surface area contributed by atoms with Crippen molar-refractivity contribution in [1.29, 1.82) is 0 Å². The molecule has 0 spiro atoms. The van der Waals surface area contributed by atoms with Crippen LogP contribution in [0.1, 0.15) is 12.8 Å². The van der Waals surface area contributed by atoms with Crippen LogP contribution in [0.15, 0.2) is 0 Å². The third-order valence-electron chi connectivity index (χ3n) is 3.08. The van der Waals surface area contributed by atoms with E-state index in [0.29, 0.717) is 12.6 Å². The number of nitrogens with zero attached hydrogens (tertiary/aromatic N) is 2. The van der Waals surface area contributed by atoms with Crippen LogP contribution in [-0.2, 0) is 9.59 Å². The van der Waals surface area contributed by atoms with Crippen molar-refractivity contribution in [3.05, 3.63) is 0 Å². The first-order valence-corrected chi connectivity index (χ1v) is 5.42. The summed E-state index contributed by atoms with van der Waals surface area (Å²) in [5.74, 6) is 0.0957. The predicted molar refractivity (Wildman–Crippen MR) is 55.2 cm³/mol. The molecule has 2 aliphatic heterocycles. The molecule has 0 aromatic carbocycles. The first-order valence-electron chi connectivity index (χ1n) is 5.42. The van der Waals surface area contributed by atoms with Crippen LogP contribution in [0.4, 0.5) is 0 Å². The first kappa shape index (κ1) is 10.4. The molecule has 5 heteroatoms. The molecule has 0 aromatic rings. The van der Waals surface area contributed by atoms with Gasteiger partial charge in [0.15, 0.2) is 0 Å². The number of piperazine rings is 1. The molecule has 0 bridgehead atoms. The number of nitrogens with one attached hydrogen (secondary N) is 1. The SMILES string of the molecule is CN1CC(=O)N(C[C@@H]2CCCN2)CC1=O. The van der Waals surface area contributed by atoms with E-state index in [0.717, 1.165) is 13.0 Å². The highest BCUT2D eigenvalue weighted by Crippen LogP contribution is 2.09. The molecule has 0 aromatic heterocycles. The molecule has 5 nitrogen and oxygen atoms in total. The second-order valence-corrected chi connectivity index (χ2v) is 4.32. The summed E-state index contributed by atoms with van der Waals surface area (Å²) in [7, 11) is 1.67. The molecule has 0 aliphatic carbocycles. The maximum Gasteiger partial charge on any atom is 0.242 e. The zero-order chi connectivity index (χ0) is 10.8. The van der Waals surface area contributed by atoms with Gasteiger partial charge in [0, 0.05) is 19.6 Å². The van der Waals surface area contributed by atoms with Gasteiger partial charge in [-0.15, -0.1) is 0 Å². The van der Waals surface area contributed by atoms with E-state index < -0.39 is 0 Å². The number of amides is 2. The maximum absolute atomic E-state index is 11.6. The van der Waals surface area contributed by atoms with E-state index in [1.54, 1.807) is 11.9 Å². The van der Waals surface area contributed by atoms with Crippen molar-refractivity contribution in [2.75, 3.05) is 33.2 Å². The number of hydrogen-bond acceptors (Lipinski definition) is 3. The lowest BCUT2D eigenvalue weighted by Crippen LogP contribution is -2.54. The first-order chi connectivity index (χ1) is 7.16. The summed E-state index contributed by atoms with van der Waals surface area (Å²) in [6.45, 7) is 2.18. The number of hydrogen-bond donors (Lipinski definition) is 1. The summed E-state index contributed by atoms with van der Waals surface area (Å²) < 4.78 is 0. The van der Waals surface area contributed by atoms with Gasteiger partial charge in [-0.1, -0.05) is 0 Å². The third-order valence-corrected chi connectivity index (χ3v) is 3.08. The van der Waals surface area contributed by atoms with Gasteiger partial charge in [-0.2, -0.15) is 0 Å². The van der Waals surface area contributed by atoms with Crippen molar-refractivity contribution in [3.63, 3.8) is 0 Å². The van der Waals surface area contributed by atoms with Crippen molar-refractivity contribution < 1.29 is 9.59 Å². The van der Waals surface area contributed by atoms with Gasteiger partial charge in [-0.3, -0.25) is 9.59 Å². The summed E-state index contributed by atoms with van der Waals surface area (Å²) in [6.07, 6.45) is 2.27. The fraction of sp³-hybridized carbons (Fsp3) is 0.800. The minimum Gasteiger partial charge on any atom is -0.335 e. The summed E-state index contributed by atoms with van der Waals surface area (Å²) in [5.41, 5.74) is 0. The van der Waals surface area contributed by atoms with Crippen molar-refractivity contribution in [2.24, 2.45) is 0 Å². The largest absolute Gasteiger partial charge is 0.335 e. The van der Waals surface area contributed by atoms with E-state index in [9.17, 15) is 9.59 Å². The van der Waals surface area contributed by atoms with Crippen LogP contribution >= 0.6 is 0 Å². The normalized spacial score (nSPS) is 27.7. The minimum absolute atomic E-state index is 0.0348. The van der Waals surface area contributed by atoms with Gasteiger partial charge in [-0.25, -0.2) is 0 Å². The van der Waals surface area contributed by atoms with E-state index in [-0.39, 0.29) is 24.9 Å². The Labute approximate surface area is 89.4 Å². The molecule has 84 valence electrons. The second kappa shape index (κ2) is 4.18. The Kier molecular flexibility index (Phi) is 2.90. The molecule has 15 heavy (non-hydrogen) atoms. The Morgan fingerprint density at radius 2 is 2.13 bits per heavy atom. The molecule has 2 fully saturated rings. The van der Waals surface area contributed by atoms with Crippen molar-refractivity contribution in [3.8, 4) is 0 Å². The highest BCUT2D eigenvalue weighted by atomic mass is 16.2. The fourth-order valence-electron chi connectivity index (χ4n) is 2.11. The average molecular weight is 211 g/mol. The fourth-order valence-corrected chi connectivity index (χ4v) is 2.11. The monoisotopic (exact) mass is 211 g/mol. The lowest BCUT2D eigenvalue weighted by Gasteiger charge is -2.33. The van der Waals surface area contributed by atoms with Crippen LogP contribution in [-0.4, -0.2) is 60.9 Å². The molecule has 2 aliphatic rings. The topological polar surface area (TPSA) is 52.7 Å². The lowest BCUT2D eigenvalue weighted by molar-refractivity contribution is -0.149. The number of rotatable bonds is 2. The Morgan fingerprint density at radius 3 is 2.80 bits per heavy atom. The van der Waals surface area contributed by atoms with Gasteiger partial charge in [0.05, 0.1) is 13.1 Å². The Hall–Kier alpha value is -1.10. The zero-order valence-electron chi connectivity index (χ0n) is 9.03. The highest BCUT2D eigenvalue weighted by Gasteiger charge is 2.29. The van der Waals surface area contributed by atoms with Gasteiger partial charge in [-0.05, 0) is 19.4 Å². The standard InChI is InChI=1S/C10H17N3O2/c1-12-6-10(15)13(7-9(12)14)5-8-3-2-4-11-8/h8,11H,2-7H2,1H3/t8-/m0/s1. The Bertz CT molecular complexity index is 274. The summed E-state index contributed by atoms with van der Waals surface area (Å²) in [5, 5.41) is 3.33. The maximum atomic E-state index is 11.6. The van der Waals surface area contributed by atoms with E-state index in [1.165, 1.54) is 11.3 Å². The molecule has 2 heterocycles. The molecule has 1 N–H and O–H groups in total. The van der Waals surface area contributed by atoms with Gasteiger partial charge in [0.1, 0.15) is 0 Å². The smallest absolute Gasteiger partial charge is 0.242 e. The van der Waals surface area contributed by atoms with Crippen LogP contribution < -0.4 is 5.32 Å². The van der Waals surface area contributed by atoms with E-state index >= 15 is 0 Å². The van der Waals surface area contributed by atoms with Crippen LogP contribution in [0, 0.1) is 0 Å². The van der Waals surface area contributed by atoms with Gasteiger partial charge < -0.3 is 15.1 Å². The van der Waals surface area contributed by atoms with Crippen LogP contribution in [0.5, 0.6) is 0 Å². The van der Waals surface area contributed by atoms with E-state index in [1.807, 2.05) is 0 Å². The molecule has 1 atom stereocenters. The minimum atomic E-state index is 0.0348. The van der Waals surface area contributed by atoms with Crippen molar-refractivity contribution in [2.45, 2.75) is 18.9 Å². The van der Waals surface area contributed by atoms with Gasteiger partial charge in [0.25, 0.3) is 0 Å². The number of carbonyl (C=O) groups excluding carboxylic acids is 2. The van der Waals surface area contributed by atoms with Crippen LogP contribution in [0.25, 0.3) is 0 Å². The molecule has 2 saturated heterocycles. The number of carbonyl (C=O) groups is 2. The van der Waals surface area contributed by atoms with Crippen LogP contribution in [0.3, 0.4) is 0 Å². The zero-order valence-corrected chi connectivity index (χ0v) is 9.03. The van der Waals surface area contributed by atoms with Gasteiger partial charge in [0.2, 0.25) is 11.8 Å². The van der Waals surface area contributed by atoms with Crippen LogP contribution in [0.2, 0.25) is 0 Å². The molecule has 0 saturated carbocycles. The quantitative estimate of drug-likeness (QED) is 0.640. The molecule has 0 unspecified atom stereocenters. The second-order valence-electron chi connectivity index (χ2n) is 4.32. The Morgan fingerprint density at radius 1 is 1.33 bits per heavy atom. The molecular formula is C10H17N3O2.